The van der Waals surface area contributed by atoms with Crippen LogP contribution in [0.4, 0.5) is 0 Å². The van der Waals surface area contributed by atoms with Crippen LogP contribution in [0.1, 0.15) is 342 Å². The van der Waals surface area contributed by atoms with Gasteiger partial charge in [0.25, 0.3) is 0 Å². The molecule has 0 aromatic rings. The van der Waals surface area contributed by atoms with Gasteiger partial charge in [-0.25, -0.2) is 0 Å². The van der Waals surface area contributed by atoms with E-state index in [1.165, 1.54) is 199 Å². The minimum Gasteiger partial charge on any atom is -0.462 e. The predicted molar refractivity (Wildman–Crippen MR) is 344 cm³/mol. The van der Waals surface area contributed by atoms with Crippen LogP contribution >= 0.6 is 0 Å². The third-order valence-electron chi connectivity index (χ3n) is 14.9. The number of carbonyl (C=O) groups is 3. The summed E-state index contributed by atoms with van der Waals surface area (Å²) in [6, 6.07) is 0. The molecule has 0 saturated heterocycles. The summed E-state index contributed by atoms with van der Waals surface area (Å²) in [6.45, 7) is 6.47. The minimum atomic E-state index is -0.774. The van der Waals surface area contributed by atoms with Gasteiger partial charge >= 0.3 is 17.9 Å². The van der Waals surface area contributed by atoms with Gasteiger partial charge in [-0.15, -0.1) is 0 Å². The summed E-state index contributed by atoms with van der Waals surface area (Å²) in [5.41, 5.74) is 0. The highest BCUT2D eigenvalue weighted by Crippen LogP contribution is 2.17. The fraction of sp³-hybridized carbons (Fsp3) is 0.767. The van der Waals surface area contributed by atoms with E-state index in [9.17, 15) is 14.4 Å². The van der Waals surface area contributed by atoms with E-state index < -0.39 is 6.10 Å². The average Bonchev–Trinajstić information content (AvgIpc) is 3.45. The SMILES string of the molecule is CC/C=C\C/C=C\C/C=C\C/C=C\CCCCCCCCCCCCCCC(=O)OC(COC(=O)CCCCCCC)COC(=O)CCCCCCCCCCCCCCCCCC/C=C\C/C=C\C/C=C\CCCCCCC. The van der Waals surface area contributed by atoms with Crippen molar-refractivity contribution in [1.82, 2.24) is 0 Å². The van der Waals surface area contributed by atoms with E-state index in [-0.39, 0.29) is 31.1 Å². The lowest BCUT2D eigenvalue weighted by atomic mass is 10.0. The van der Waals surface area contributed by atoms with Crippen LogP contribution in [-0.2, 0) is 28.6 Å². The Morgan fingerprint density at radius 2 is 0.494 bits per heavy atom. The molecule has 0 aromatic carbocycles. The maximum Gasteiger partial charge on any atom is 0.306 e. The van der Waals surface area contributed by atoms with E-state index in [1.807, 2.05) is 0 Å². The monoisotopic (exact) mass is 1100 g/mol. The van der Waals surface area contributed by atoms with Gasteiger partial charge in [0.15, 0.2) is 6.10 Å². The molecule has 456 valence electrons. The number of ether oxygens (including phenoxy) is 3. The summed E-state index contributed by atoms with van der Waals surface area (Å²) in [5, 5.41) is 0. The molecule has 1 unspecified atom stereocenters. The number of allylic oxidation sites excluding steroid dienone is 14. The number of carbonyl (C=O) groups excluding carboxylic acids is 3. The van der Waals surface area contributed by atoms with Gasteiger partial charge in [0.1, 0.15) is 13.2 Å². The molecule has 0 aliphatic rings. The molecule has 0 aliphatic heterocycles. The van der Waals surface area contributed by atoms with Crippen molar-refractivity contribution >= 4 is 17.9 Å². The van der Waals surface area contributed by atoms with Gasteiger partial charge in [0.2, 0.25) is 0 Å². The Balaban J connectivity index is 3.98. The first kappa shape index (κ1) is 75.6. The van der Waals surface area contributed by atoms with Crippen LogP contribution in [0, 0.1) is 0 Å². The van der Waals surface area contributed by atoms with Crippen LogP contribution < -0.4 is 0 Å². The van der Waals surface area contributed by atoms with Crippen molar-refractivity contribution in [2.75, 3.05) is 13.2 Å². The zero-order valence-electron chi connectivity index (χ0n) is 52.4. The normalized spacial score (nSPS) is 12.6. The molecule has 0 rings (SSSR count). The molecule has 0 saturated carbocycles. The topological polar surface area (TPSA) is 78.9 Å². The molecular formula is C73H128O6. The van der Waals surface area contributed by atoms with Gasteiger partial charge in [0.05, 0.1) is 0 Å². The van der Waals surface area contributed by atoms with Gasteiger partial charge in [-0.2, -0.15) is 0 Å². The first-order valence-corrected chi connectivity index (χ1v) is 34.1. The summed E-state index contributed by atoms with van der Waals surface area (Å²) in [5.74, 6) is -0.877. The van der Waals surface area contributed by atoms with Crippen LogP contribution in [-0.4, -0.2) is 37.2 Å². The van der Waals surface area contributed by atoms with Gasteiger partial charge < -0.3 is 14.2 Å². The number of hydrogen-bond acceptors (Lipinski definition) is 6. The molecular weight excluding hydrogens is 973 g/mol. The molecule has 0 heterocycles. The first-order chi connectivity index (χ1) is 39.0. The van der Waals surface area contributed by atoms with Crippen LogP contribution in [0.2, 0.25) is 0 Å². The summed E-state index contributed by atoms with van der Waals surface area (Å²) < 4.78 is 16.8. The summed E-state index contributed by atoms with van der Waals surface area (Å²) >= 11 is 0. The fourth-order valence-corrected chi connectivity index (χ4v) is 9.80. The summed E-state index contributed by atoms with van der Waals surface area (Å²) in [7, 11) is 0. The highest BCUT2D eigenvalue weighted by atomic mass is 16.6. The molecule has 6 heteroatoms. The molecule has 0 N–H and O–H groups in total. The number of esters is 3. The van der Waals surface area contributed by atoms with E-state index in [0.717, 1.165) is 103 Å². The second-order valence-electron chi connectivity index (χ2n) is 22.7. The molecule has 0 aromatic heterocycles. The van der Waals surface area contributed by atoms with Gasteiger partial charge in [-0.1, -0.05) is 311 Å². The lowest BCUT2D eigenvalue weighted by molar-refractivity contribution is -0.167. The van der Waals surface area contributed by atoms with E-state index in [1.54, 1.807) is 0 Å². The third kappa shape index (κ3) is 65.3. The maximum atomic E-state index is 12.8. The van der Waals surface area contributed by atoms with Crippen molar-refractivity contribution in [1.29, 1.82) is 0 Å². The fourth-order valence-electron chi connectivity index (χ4n) is 9.80. The molecule has 6 nitrogen and oxygen atoms in total. The van der Waals surface area contributed by atoms with E-state index in [0.29, 0.717) is 19.3 Å². The zero-order chi connectivity index (χ0) is 57.1. The Morgan fingerprint density at radius 3 is 0.772 bits per heavy atom. The van der Waals surface area contributed by atoms with E-state index in [4.69, 9.17) is 14.2 Å². The summed E-state index contributed by atoms with van der Waals surface area (Å²) in [6.07, 6.45) is 89.4. The number of rotatable bonds is 62. The maximum absolute atomic E-state index is 12.8. The predicted octanol–water partition coefficient (Wildman–Crippen LogP) is 23.4. The highest BCUT2D eigenvalue weighted by molar-refractivity contribution is 5.71. The molecule has 0 aliphatic carbocycles. The highest BCUT2D eigenvalue weighted by Gasteiger charge is 2.19. The molecule has 0 amide bonds. The van der Waals surface area contributed by atoms with Crippen molar-refractivity contribution in [2.24, 2.45) is 0 Å². The minimum absolute atomic E-state index is 0.0742. The van der Waals surface area contributed by atoms with Crippen LogP contribution in [0.3, 0.4) is 0 Å². The first-order valence-electron chi connectivity index (χ1n) is 34.1. The Labute approximate surface area is 490 Å². The Morgan fingerprint density at radius 1 is 0.266 bits per heavy atom. The number of hydrogen-bond donors (Lipinski definition) is 0. The second-order valence-corrected chi connectivity index (χ2v) is 22.7. The van der Waals surface area contributed by atoms with Crippen molar-refractivity contribution in [3.8, 4) is 0 Å². The van der Waals surface area contributed by atoms with Gasteiger partial charge in [-0.3, -0.25) is 14.4 Å². The Hall–Kier alpha value is -3.41. The second kappa shape index (κ2) is 67.1. The van der Waals surface area contributed by atoms with Crippen LogP contribution in [0.25, 0.3) is 0 Å². The van der Waals surface area contributed by atoms with Gasteiger partial charge in [-0.05, 0) is 96.3 Å². The lowest BCUT2D eigenvalue weighted by Gasteiger charge is -2.18. The molecule has 0 fully saturated rings. The molecule has 1 atom stereocenters. The Kier molecular flexibility index (Phi) is 64.2. The zero-order valence-corrected chi connectivity index (χ0v) is 52.4. The van der Waals surface area contributed by atoms with Crippen LogP contribution in [0.5, 0.6) is 0 Å². The van der Waals surface area contributed by atoms with Crippen LogP contribution in [0.15, 0.2) is 85.1 Å². The standard InChI is InChI=1S/C73H128O6/c1-4-7-10-13-15-17-19-21-23-25-27-29-31-33-34-35-36-37-38-40-41-43-45-47-49-51-53-55-57-60-63-66-72(75)78-69-70(68-77-71(74)65-62-59-12-9-6-3)79-73(76)67-64-61-58-56-54-52-50-48-46-44-42-39-32-30-28-26-24-22-20-18-16-14-11-8-5-2/h8,11,16,18-19,21-22,24-25,27-28,30-31,33,70H,4-7,9-10,12-15,17,20,23,26,29,32,34-69H2,1-3H3/b11-8-,18-16-,21-19-,24-22-,27-25-,30-28-,33-31-. The molecule has 0 spiro atoms. The molecule has 0 radical (unpaired) electrons. The van der Waals surface area contributed by atoms with Crippen molar-refractivity contribution in [3.63, 3.8) is 0 Å². The molecule has 79 heavy (non-hydrogen) atoms. The van der Waals surface area contributed by atoms with Crippen molar-refractivity contribution < 1.29 is 28.6 Å². The summed E-state index contributed by atoms with van der Waals surface area (Å²) in [4.78, 5) is 38.0. The van der Waals surface area contributed by atoms with Crippen molar-refractivity contribution in [2.45, 2.75) is 348 Å². The smallest absolute Gasteiger partial charge is 0.306 e. The van der Waals surface area contributed by atoms with E-state index in [2.05, 4.69) is 106 Å². The Bertz CT molecular complexity index is 1500. The quantitative estimate of drug-likeness (QED) is 0.0261. The largest absolute Gasteiger partial charge is 0.462 e. The average molecular weight is 1100 g/mol. The van der Waals surface area contributed by atoms with Gasteiger partial charge in [0, 0.05) is 19.3 Å². The van der Waals surface area contributed by atoms with E-state index >= 15 is 0 Å². The number of unbranched alkanes of at least 4 members (excludes halogenated alkanes) is 37. The third-order valence-corrected chi connectivity index (χ3v) is 14.9. The van der Waals surface area contributed by atoms with Crippen molar-refractivity contribution in [3.05, 3.63) is 85.1 Å². The molecule has 0 bridgehead atoms. The lowest BCUT2D eigenvalue weighted by Crippen LogP contribution is -2.30.